The van der Waals surface area contributed by atoms with Crippen LogP contribution in [-0.4, -0.2) is 5.91 Å². The molecule has 98 valence electrons. The maximum Gasteiger partial charge on any atom is 0.257 e. The van der Waals surface area contributed by atoms with Crippen molar-refractivity contribution in [2.75, 3.05) is 5.32 Å². The average Bonchev–Trinajstić information content (AvgIpc) is 2.32. The van der Waals surface area contributed by atoms with Crippen LogP contribution >= 0.6 is 45.8 Å². The van der Waals surface area contributed by atoms with Crippen LogP contribution in [0.15, 0.2) is 36.4 Å². The van der Waals surface area contributed by atoms with Gasteiger partial charge in [0.05, 0.1) is 10.6 Å². The number of aryl methyl sites for hydroxylation is 1. The SMILES string of the molecule is Cc1cc(I)ccc1NC(=O)c1ccc(Cl)cc1Cl. The minimum atomic E-state index is -0.244. The summed E-state index contributed by atoms with van der Waals surface area (Å²) < 4.78 is 1.12. The van der Waals surface area contributed by atoms with Crippen molar-refractivity contribution in [3.05, 3.63) is 61.1 Å². The molecule has 2 aromatic carbocycles. The zero-order valence-corrected chi connectivity index (χ0v) is 13.7. The van der Waals surface area contributed by atoms with Crippen molar-refractivity contribution < 1.29 is 4.79 Å². The van der Waals surface area contributed by atoms with E-state index in [4.69, 9.17) is 23.2 Å². The largest absolute Gasteiger partial charge is 0.322 e. The molecule has 0 aliphatic carbocycles. The van der Waals surface area contributed by atoms with E-state index in [1.807, 2.05) is 25.1 Å². The second kappa shape index (κ2) is 6.11. The number of nitrogens with one attached hydrogen (secondary N) is 1. The van der Waals surface area contributed by atoms with E-state index in [1.54, 1.807) is 18.2 Å². The first-order valence-electron chi connectivity index (χ1n) is 5.50. The molecule has 0 saturated carbocycles. The number of hydrogen-bond donors (Lipinski definition) is 1. The van der Waals surface area contributed by atoms with Crippen molar-refractivity contribution in [3.63, 3.8) is 0 Å². The molecule has 0 unspecified atom stereocenters. The van der Waals surface area contributed by atoms with E-state index < -0.39 is 0 Å². The highest BCUT2D eigenvalue weighted by Gasteiger charge is 2.12. The summed E-state index contributed by atoms with van der Waals surface area (Å²) in [5.41, 5.74) is 2.19. The van der Waals surface area contributed by atoms with E-state index in [0.717, 1.165) is 14.8 Å². The third-order valence-corrected chi connectivity index (χ3v) is 3.83. The van der Waals surface area contributed by atoms with Crippen LogP contribution in [0.5, 0.6) is 0 Å². The molecule has 1 amide bonds. The summed E-state index contributed by atoms with van der Waals surface area (Å²) >= 11 is 14.0. The monoisotopic (exact) mass is 405 g/mol. The minimum absolute atomic E-state index is 0.244. The first-order valence-corrected chi connectivity index (χ1v) is 7.33. The van der Waals surface area contributed by atoms with Gasteiger partial charge in [0.1, 0.15) is 0 Å². The van der Waals surface area contributed by atoms with Gasteiger partial charge in [-0.05, 0) is 71.5 Å². The zero-order chi connectivity index (χ0) is 14.0. The smallest absolute Gasteiger partial charge is 0.257 e. The van der Waals surface area contributed by atoms with Crippen LogP contribution < -0.4 is 5.32 Å². The third kappa shape index (κ3) is 3.61. The van der Waals surface area contributed by atoms with Crippen LogP contribution in [0.1, 0.15) is 15.9 Å². The van der Waals surface area contributed by atoms with E-state index >= 15 is 0 Å². The molecule has 2 nitrogen and oxygen atoms in total. The van der Waals surface area contributed by atoms with Gasteiger partial charge in [0, 0.05) is 14.3 Å². The van der Waals surface area contributed by atoms with Crippen LogP contribution in [0.4, 0.5) is 5.69 Å². The fourth-order valence-electron chi connectivity index (χ4n) is 1.63. The summed E-state index contributed by atoms with van der Waals surface area (Å²) in [5, 5.41) is 3.69. The number of amides is 1. The number of hydrogen-bond acceptors (Lipinski definition) is 1. The Balaban J connectivity index is 2.25. The third-order valence-electron chi connectivity index (χ3n) is 2.61. The molecule has 0 fully saturated rings. The summed E-state index contributed by atoms with van der Waals surface area (Å²) in [5.74, 6) is -0.244. The molecule has 2 rings (SSSR count). The standard InChI is InChI=1S/C14H10Cl2INO/c1-8-6-10(17)3-5-13(8)18-14(19)11-4-2-9(15)7-12(11)16/h2-7H,1H3,(H,18,19). The van der Waals surface area contributed by atoms with Gasteiger partial charge in [-0.25, -0.2) is 0 Å². The Morgan fingerprint density at radius 3 is 2.53 bits per heavy atom. The Bertz CT molecular complexity index is 643. The van der Waals surface area contributed by atoms with Gasteiger partial charge in [-0.3, -0.25) is 4.79 Å². The van der Waals surface area contributed by atoms with E-state index in [-0.39, 0.29) is 5.91 Å². The van der Waals surface area contributed by atoms with Gasteiger partial charge in [-0.1, -0.05) is 23.2 Å². The Labute approximate surface area is 135 Å². The number of anilines is 1. The van der Waals surface area contributed by atoms with Crippen molar-refractivity contribution in [1.82, 2.24) is 0 Å². The van der Waals surface area contributed by atoms with Gasteiger partial charge >= 0.3 is 0 Å². The van der Waals surface area contributed by atoms with Crippen molar-refractivity contribution >= 4 is 57.4 Å². The topological polar surface area (TPSA) is 29.1 Å². The number of carbonyl (C=O) groups is 1. The van der Waals surface area contributed by atoms with Gasteiger partial charge in [-0.15, -0.1) is 0 Å². The molecular formula is C14H10Cl2INO. The van der Waals surface area contributed by atoms with E-state index in [1.165, 1.54) is 0 Å². The van der Waals surface area contributed by atoms with Crippen molar-refractivity contribution in [3.8, 4) is 0 Å². The maximum absolute atomic E-state index is 12.1. The zero-order valence-electron chi connectivity index (χ0n) is 10.0. The van der Waals surface area contributed by atoms with Gasteiger partial charge in [0.15, 0.2) is 0 Å². The normalized spacial score (nSPS) is 10.3. The van der Waals surface area contributed by atoms with Gasteiger partial charge in [0.25, 0.3) is 5.91 Å². The second-order valence-electron chi connectivity index (χ2n) is 4.04. The molecule has 0 aromatic heterocycles. The lowest BCUT2D eigenvalue weighted by Crippen LogP contribution is -2.13. The van der Waals surface area contributed by atoms with Crippen molar-refractivity contribution in [1.29, 1.82) is 0 Å². The predicted octanol–water partition coefficient (Wildman–Crippen LogP) is 5.16. The molecular weight excluding hydrogens is 396 g/mol. The Morgan fingerprint density at radius 2 is 1.89 bits per heavy atom. The van der Waals surface area contributed by atoms with E-state index in [2.05, 4.69) is 27.9 Å². The fraction of sp³-hybridized carbons (Fsp3) is 0.0714. The molecule has 0 bridgehead atoms. The molecule has 2 aromatic rings. The average molecular weight is 406 g/mol. The number of halogens is 3. The number of rotatable bonds is 2. The summed E-state index contributed by atoms with van der Waals surface area (Å²) in [6.45, 7) is 1.95. The lowest BCUT2D eigenvalue weighted by Gasteiger charge is -2.10. The Hall–Kier alpha value is -0.780. The summed E-state index contributed by atoms with van der Waals surface area (Å²) in [6.07, 6.45) is 0. The molecule has 0 spiro atoms. The van der Waals surface area contributed by atoms with Gasteiger partial charge in [-0.2, -0.15) is 0 Å². The van der Waals surface area contributed by atoms with Crippen LogP contribution in [0.25, 0.3) is 0 Å². The Kier molecular flexibility index (Phi) is 4.71. The summed E-state index contributed by atoms with van der Waals surface area (Å²) in [4.78, 5) is 12.1. The number of benzene rings is 2. The van der Waals surface area contributed by atoms with Gasteiger partial charge in [0.2, 0.25) is 0 Å². The quantitative estimate of drug-likeness (QED) is 0.687. The molecule has 5 heteroatoms. The first kappa shape index (κ1) is 14.6. The Morgan fingerprint density at radius 1 is 1.16 bits per heavy atom. The van der Waals surface area contributed by atoms with Crippen LogP contribution in [0, 0.1) is 10.5 Å². The molecule has 0 radical (unpaired) electrons. The molecule has 0 saturated heterocycles. The lowest BCUT2D eigenvalue weighted by atomic mass is 10.1. The highest BCUT2D eigenvalue weighted by atomic mass is 127. The van der Waals surface area contributed by atoms with E-state index in [9.17, 15) is 4.79 Å². The van der Waals surface area contributed by atoms with Crippen LogP contribution in [0.3, 0.4) is 0 Å². The van der Waals surface area contributed by atoms with E-state index in [0.29, 0.717) is 15.6 Å². The first-order chi connectivity index (χ1) is 8.97. The molecule has 1 N–H and O–H groups in total. The molecule has 0 aliphatic rings. The number of carbonyl (C=O) groups excluding carboxylic acids is 1. The van der Waals surface area contributed by atoms with Crippen molar-refractivity contribution in [2.24, 2.45) is 0 Å². The highest BCUT2D eigenvalue weighted by molar-refractivity contribution is 14.1. The lowest BCUT2D eigenvalue weighted by molar-refractivity contribution is 0.102. The van der Waals surface area contributed by atoms with Gasteiger partial charge < -0.3 is 5.32 Å². The van der Waals surface area contributed by atoms with Crippen LogP contribution in [0.2, 0.25) is 10.0 Å². The maximum atomic E-state index is 12.1. The summed E-state index contributed by atoms with van der Waals surface area (Å²) in [6, 6.07) is 10.6. The minimum Gasteiger partial charge on any atom is -0.322 e. The highest BCUT2D eigenvalue weighted by Crippen LogP contribution is 2.23. The molecule has 0 atom stereocenters. The fourth-order valence-corrected chi connectivity index (χ4v) is 2.77. The summed E-state index contributed by atoms with van der Waals surface area (Å²) in [7, 11) is 0. The van der Waals surface area contributed by atoms with Crippen LogP contribution in [-0.2, 0) is 0 Å². The molecule has 0 heterocycles. The molecule has 19 heavy (non-hydrogen) atoms. The predicted molar refractivity (Wildman–Crippen MR) is 88.3 cm³/mol. The second-order valence-corrected chi connectivity index (χ2v) is 6.13. The van der Waals surface area contributed by atoms with Crippen molar-refractivity contribution in [2.45, 2.75) is 6.92 Å². The molecule has 0 aliphatic heterocycles.